The Labute approximate surface area is 109 Å². The third kappa shape index (κ3) is 3.22. The molecular formula is C13H24N2O3. The molecule has 1 N–H and O–H groups in total. The van der Waals surface area contributed by atoms with Crippen molar-refractivity contribution < 1.29 is 14.3 Å². The number of rotatable bonds is 6. The Morgan fingerprint density at radius 3 is 2.61 bits per heavy atom. The molecule has 0 aromatic rings. The largest absolute Gasteiger partial charge is 0.383 e. The van der Waals surface area contributed by atoms with Gasteiger partial charge in [0.05, 0.1) is 19.2 Å². The van der Waals surface area contributed by atoms with Crippen LogP contribution in [0.2, 0.25) is 0 Å². The second-order valence-corrected chi connectivity index (χ2v) is 5.11. The summed E-state index contributed by atoms with van der Waals surface area (Å²) in [6.45, 7) is 6.58. The van der Waals surface area contributed by atoms with Crippen LogP contribution in [0.1, 0.15) is 33.6 Å². The highest BCUT2D eigenvalue weighted by atomic mass is 16.5. The monoisotopic (exact) mass is 256 g/mol. The van der Waals surface area contributed by atoms with E-state index >= 15 is 0 Å². The lowest BCUT2D eigenvalue weighted by Gasteiger charge is -2.42. The van der Waals surface area contributed by atoms with Gasteiger partial charge in [-0.05, 0) is 12.3 Å². The minimum Gasteiger partial charge on any atom is -0.383 e. The lowest BCUT2D eigenvalue weighted by molar-refractivity contribution is -0.151. The van der Waals surface area contributed by atoms with Crippen LogP contribution in [-0.4, -0.2) is 49.1 Å². The summed E-state index contributed by atoms with van der Waals surface area (Å²) in [7, 11) is 1.63. The van der Waals surface area contributed by atoms with Gasteiger partial charge in [0.15, 0.2) is 0 Å². The summed E-state index contributed by atoms with van der Waals surface area (Å²) in [6, 6.07) is -0.385. The molecule has 5 nitrogen and oxygen atoms in total. The molecule has 0 spiro atoms. The summed E-state index contributed by atoms with van der Waals surface area (Å²) in [5.74, 6) is 0.0380. The van der Waals surface area contributed by atoms with Crippen molar-refractivity contribution >= 4 is 11.8 Å². The van der Waals surface area contributed by atoms with Gasteiger partial charge in [-0.15, -0.1) is 0 Å². The van der Waals surface area contributed by atoms with E-state index in [4.69, 9.17) is 4.74 Å². The second kappa shape index (κ2) is 6.73. The molecule has 0 bridgehead atoms. The molecule has 104 valence electrons. The van der Waals surface area contributed by atoms with Crippen molar-refractivity contribution in [2.75, 3.05) is 20.3 Å². The number of hydrogen-bond acceptors (Lipinski definition) is 3. The zero-order valence-electron chi connectivity index (χ0n) is 11.7. The van der Waals surface area contributed by atoms with E-state index in [1.807, 2.05) is 13.8 Å². The average Bonchev–Trinajstić information content (AvgIpc) is 2.31. The smallest absolute Gasteiger partial charge is 0.243 e. The molecule has 1 rings (SSSR count). The first-order valence-corrected chi connectivity index (χ1v) is 6.60. The molecule has 2 amide bonds. The Bertz CT molecular complexity index is 299. The zero-order valence-corrected chi connectivity index (χ0v) is 11.7. The molecule has 0 aliphatic carbocycles. The standard InChI is InChI=1S/C13H24N2O3/c1-5-6-10(8-18-4)15-11(16)7-14-13(17)12(15)9(2)3/h9-10,12H,5-8H2,1-4H3,(H,14,17). The SMILES string of the molecule is CCCC(COC)N1C(=O)CNC(=O)C1C(C)C. The molecule has 1 aliphatic rings. The summed E-state index contributed by atoms with van der Waals surface area (Å²) < 4.78 is 5.20. The van der Waals surface area contributed by atoms with E-state index in [2.05, 4.69) is 12.2 Å². The fourth-order valence-corrected chi connectivity index (χ4v) is 2.52. The van der Waals surface area contributed by atoms with Crippen LogP contribution in [0, 0.1) is 5.92 Å². The third-order valence-corrected chi connectivity index (χ3v) is 3.28. The highest BCUT2D eigenvalue weighted by Crippen LogP contribution is 2.20. The van der Waals surface area contributed by atoms with Crippen LogP contribution in [0.4, 0.5) is 0 Å². The number of carbonyl (C=O) groups excluding carboxylic acids is 2. The van der Waals surface area contributed by atoms with E-state index in [0.717, 1.165) is 12.8 Å². The van der Waals surface area contributed by atoms with Gasteiger partial charge in [0.25, 0.3) is 0 Å². The number of carbonyl (C=O) groups is 2. The van der Waals surface area contributed by atoms with Crippen molar-refractivity contribution in [1.82, 2.24) is 10.2 Å². The van der Waals surface area contributed by atoms with Gasteiger partial charge in [-0.25, -0.2) is 0 Å². The molecule has 1 aliphatic heterocycles. The lowest BCUT2D eigenvalue weighted by Crippen LogP contribution is -2.63. The molecule has 1 fully saturated rings. The first-order valence-electron chi connectivity index (χ1n) is 6.60. The van der Waals surface area contributed by atoms with Crippen LogP contribution >= 0.6 is 0 Å². The molecule has 0 radical (unpaired) electrons. The van der Waals surface area contributed by atoms with Gasteiger partial charge in [0.2, 0.25) is 11.8 Å². The van der Waals surface area contributed by atoms with Gasteiger partial charge in [0, 0.05) is 7.11 Å². The quantitative estimate of drug-likeness (QED) is 0.764. The predicted octanol–water partition coefficient (Wildman–Crippen LogP) is 0.785. The Kier molecular flexibility index (Phi) is 5.59. The summed E-state index contributed by atoms with van der Waals surface area (Å²) in [5, 5.41) is 2.66. The molecule has 2 atom stereocenters. The van der Waals surface area contributed by atoms with E-state index < -0.39 is 0 Å². The maximum atomic E-state index is 12.1. The molecule has 5 heteroatoms. The Morgan fingerprint density at radius 2 is 2.11 bits per heavy atom. The van der Waals surface area contributed by atoms with Gasteiger partial charge in [-0.3, -0.25) is 9.59 Å². The van der Waals surface area contributed by atoms with Gasteiger partial charge in [-0.2, -0.15) is 0 Å². The number of amides is 2. The Hall–Kier alpha value is -1.10. The molecule has 1 saturated heterocycles. The first kappa shape index (κ1) is 15.0. The molecule has 18 heavy (non-hydrogen) atoms. The van der Waals surface area contributed by atoms with E-state index in [0.29, 0.717) is 6.61 Å². The number of hydrogen-bond donors (Lipinski definition) is 1. The van der Waals surface area contributed by atoms with Crippen molar-refractivity contribution in [2.45, 2.75) is 45.7 Å². The van der Waals surface area contributed by atoms with E-state index in [1.54, 1.807) is 12.0 Å². The summed E-state index contributed by atoms with van der Waals surface area (Å²) in [6.07, 6.45) is 1.82. The van der Waals surface area contributed by atoms with Crippen molar-refractivity contribution in [1.29, 1.82) is 0 Å². The van der Waals surface area contributed by atoms with Crippen LogP contribution in [-0.2, 0) is 14.3 Å². The van der Waals surface area contributed by atoms with E-state index in [9.17, 15) is 9.59 Å². The lowest BCUT2D eigenvalue weighted by atomic mass is 9.96. The number of nitrogens with one attached hydrogen (secondary N) is 1. The van der Waals surface area contributed by atoms with Crippen LogP contribution in [0.25, 0.3) is 0 Å². The highest BCUT2D eigenvalue weighted by Gasteiger charge is 2.39. The second-order valence-electron chi connectivity index (χ2n) is 5.11. The van der Waals surface area contributed by atoms with Crippen molar-refractivity contribution in [3.8, 4) is 0 Å². The van der Waals surface area contributed by atoms with Crippen LogP contribution < -0.4 is 5.32 Å². The van der Waals surface area contributed by atoms with Crippen molar-refractivity contribution in [2.24, 2.45) is 5.92 Å². The first-order chi connectivity index (χ1) is 8.52. The van der Waals surface area contributed by atoms with E-state index in [-0.39, 0.29) is 36.4 Å². The topological polar surface area (TPSA) is 58.6 Å². The van der Waals surface area contributed by atoms with Gasteiger partial charge in [0.1, 0.15) is 6.04 Å². The van der Waals surface area contributed by atoms with Crippen LogP contribution in [0.3, 0.4) is 0 Å². The summed E-state index contributed by atoms with van der Waals surface area (Å²) in [4.78, 5) is 25.8. The number of nitrogens with zero attached hydrogens (tertiary/aromatic N) is 1. The fraction of sp³-hybridized carbons (Fsp3) is 0.846. The van der Waals surface area contributed by atoms with Crippen LogP contribution in [0.5, 0.6) is 0 Å². The average molecular weight is 256 g/mol. The van der Waals surface area contributed by atoms with Gasteiger partial charge in [-0.1, -0.05) is 27.2 Å². The minimum absolute atomic E-state index is 0.00838. The van der Waals surface area contributed by atoms with Crippen LogP contribution in [0.15, 0.2) is 0 Å². The number of ether oxygens (including phenoxy) is 1. The maximum absolute atomic E-state index is 12.1. The number of piperazine rings is 1. The van der Waals surface area contributed by atoms with Crippen molar-refractivity contribution in [3.63, 3.8) is 0 Å². The molecule has 0 aromatic heterocycles. The molecule has 2 unspecified atom stereocenters. The molecule has 1 heterocycles. The Morgan fingerprint density at radius 1 is 1.44 bits per heavy atom. The molecule has 0 aromatic carbocycles. The predicted molar refractivity (Wildman–Crippen MR) is 69.1 cm³/mol. The van der Waals surface area contributed by atoms with Gasteiger partial charge >= 0.3 is 0 Å². The van der Waals surface area contributed by atoms with Crippen molar-refractivity contribution in [3.05, 3.63) is 0 Å². The van der Waals surface area contributed by atoms with E-state index in [1.165, 1.54) is 0 Å². The third-order valence-electron chi connectivity index (χ3n) is 3.28. The highest BCUT2D eigenvalue weighted by molar-refractivity contribution is 5.95. The Balaban J connectivity index is 2.95. The minimum atomic E-state index is -0.377. The maximum Gasteiger partial charge on any atom is 0.243 e. The van der Waals surface area contributed by atoms with Gasteiger partial charge < -0.3 is 15.0 Å². The summed E-state index contributed by atoms with van der Waals surface area (Å²) >= 11 is 0. The zero-order chi connectivity index (χ0) is 13.7. The molecular weight excluding hydrogens is 232 g/mol. The molecule has 0 saturated carbocycles. The fourth-order valence-electron chi connectivity index (χ4n) is 2.52. The summed E-state index contributed by atoms with van der Waals surface area (Å²) in [5.41, 5.74) is 0. The number of methoxy groups -OCH3 is 1. The normalized spacial score (nSPS) is 22.3.